The summed E-state index contributed by atoms with van der Waals surface area (Å²) in [7, 11) is 0. The molecule has 0 saturated heterocycles. The Morgan fingerprint density at radius 3 is 2.72 bits per heavy atom. The second-order valence-corrected chi connectivity index (χ2v) is 4.63. The van der Waals surface area contributed by atoms with Crippen molar-refractivity contribution in [2.24, 2.45) is 5.92 Å². The first-order valence-electron chi connectivity index (χ1n) is 5.85. The SMILES string of the molecule is CCC(C)C(=O)NC(CO)c1ccc(Cl)c(F)c1. The second kappa shape index (κ2) is 6.71. The third kappa shape index (κ3) is 3.68. The molecule has 0 saturated carbocycles. The van der Waals surface area contributed by atoms with Crippen molar-refractivity contribution in [1.29, 1.82) is 0 Å². The van der Waals surface area contributed by atoms with Gasteiger partial charge in [-0.25, -0.2) is 4.39 Å². The Hall–Kier alpha value is -1.13. The van der Waals surface area contributed by atoms with E-state index in [9.17, 15) is 14.3 Å². The lowest BCUT2D eigenvalue weighted by atomic mass is 10.0. The molecule has 0 fully saturated rings. The molecule has 0 aromatic heterocycles. The van der Waals surface area contributed by atoms with Crippen LogP contribution in [0.5, 0.6) is 0 Å². The lowest BCUT2D eigenvalue weighted by Crippen LogP contribution is -2.34. The Morgan fingerprint density at radius 2 is 2.22 bits per heavy atom. The molecule has 100 valence electrons. The number of hydrogen-bond donors (Lipinski definition) is 2. The minimum absolute atomic E-state index is 0.0173. The van der Waals surface area contributed by atoms with Crippen LogP contribution in [0.3, 0.4) is 0 Å². The zero-order valence-electron chi connectivity index (χ0n) is 10.4. The van der Waals surface area contributed by atoms with Crippen molar-refractivity contribution in [3.63, 3.8) is 0 Å². The van der Waals surface area contributed by atoms with Crippen molar-refractivity contribution in [2.75, 3.05) is 6.61 Å². The van der Waals surface area contributed by atoms with Crippen molar-refractivity contribution in [1.82, 2.24) is 5.32 Å². The Morgan fingerprint density at radius 1 is 1.56 bits per heavy atom. The number of carbonyl (C=O) groups excluding carboxylic acids is 1. The Labute approximate surface area is 111 Å². The summed E-state index contributed by atoms with van der Waals surface area (Å²) in [6.07, 6.45) is 0.707. The first-order valence-corrected chi connectivity index (χ1v) is 6.23. The van der Waals surface area contributed by atoms with Gasteiger partial charge in [-0.1, -0.05) is 31.5 Å². The predicted molar refractivity (Wildman–Crippen MR) is 68.8 cm³/mol. The fourth-order valence-corrected chi connectivity index (χ4v) is 1.58. The maximum Gasteiger partial charge on any atom is 0.223 e. The molecule has 2 unspecified atom stereocenters. The highest BCUT2D eigenvalue weighted by Gasteiger charge is 2.18. The molecule has 1 aromatic carbocycles. The van der Waals surface area contributed by atoms with E-state index in [1.165, 1.54) is 12.1 Å². The summed E-state index contributed by atoms with van der Waals surface area (Å²) in [5, 5.41) is 12.0. The number of benzene rings is 1. The summed E-state index contributed by atoms with van der Waals surface area (Å²) >= 11 is 5.58. The smallest absolute Gasteiger partial charge is 0.223 e. The van der Waals surface area contributed by atoms with E-state index in [0.29, 0.717) is 12.0 Å². The quantitative estimate of drug-likeness (QED) is 0.867. The van der Waals surface area contributed by atoms with Gasteiger partial charge in [-0.15, -0.1) is 0 Å². The molecule has 2 atom stereocenters. The number of halogens is 2. The molecule has 5 heteroatoms. The van der Waals surface area contributed by atoms with E-state index in [4.69, 9.17) is 11.6 Å². The van der Waals surface area contributed by atoms with Gasteiger partial charge in [-0.05, 0) is 24.1 Å². The molecular weight excluding hydrogens is 257 g/mol. The summed E-state index contributed by atoms with van der Waals surface area (Å²) in [4.78, 5) is 11.7. The van der Waals surface area contributed by atoms with E-state index in [0.717, 1.165) is 0 Å². The fourth-order valence-electron chi connectivity index (χ4n) is 1.46. The van der Waals surface area contributed by atoms with E-state index in [1.807, 2.05) is 6.92 Å². The van der Waals surface area contributed by atoms with Crippen LogP contribution in [0.1, 0.15) is 31.9 Å². The molecule has 0 aliphatic heterocycles. The maximum atomic E-state index is 13.3. The van der Waals surface area contributed by atoms with Gasteiger partial charge >= 0.3 is 0 Å². The van der Waals surface area contributed by atoms with Gasteiger partial charge in [0.2, 0.25) is 5.91 Å². The van der Waals surface area contributed by atoms with Gasteiger partial charge in [0.15, 0.2) is 0 Å². The number of nitrogens with one attached hydrogen (secondary N) is 1. The van der Waals surface area contributed by atoms with E-state index >= 15 is 0 Å². The first kappa shape index (κ1) is 14.9. The standard InChI is InChI=1S/C13H17ClFNO2/c1-3-8(2)13(18)16-12(7-17)9-4-5-10(14)11(15)6-9/h4-6,8,12,17H,3,7H2,1-2H3,(H,16,18). The van der Waals surface area contributed by atoms with Crippen molar-refractivity contribution < 1.29 is 14.3 Å². The average molecular weight is 274 g/mol. The molecule has 0 bridgehead atoms. The van der Waals surface area contributed by atoms with Gasteiger partial charge in [0.1, 0.15) is 5.82 Å². The second-order valence-electron chi connectivity index (χ2n) is 4.23. The molecule has 18 heavy (non-hydrogen) atoms. The number of amides is 1. The molecule has 1 rings (SSSR count). The maximum absolute atomic E-state index is 13.3. The predicted octanol–water partition coefficient (Wildman–Crippen LogP) is 2.67. The molecule has 3 nitrogen and oxygen atoms in total. The number of aliphatic hydroxyl groups is 1. The van der Waals surface area contributed by atoms with Gasteiger partial charge in [0, 0.05) is 5.92 Å². The molecule has 0 aliphatic rings. The van der Waals surface area contributed by atoms with Crippen molar-refractivity contribution in [2.45, 2.75) is 26.3 Å². The molecular formula is C13H17ClFNO2. The third-order valence-corrected chi connectivity index (χ3v) is 3.21. The van der Waals surface area contributed by atoms with E-state index in [1.54, 1.807) is 13.0 Å². The van der Waals surface area contributed by atoms with Crippen molar-refractivity contribution >= 4 is 17.5 Å². The minimum atomic E-state index is -0.613. The van der Waals surface area contributed by atoms with Crippen LogP contribution >= 0.6 is 11.6 Å². The van der Waals surface area contributed by atoms with Crippen LogP contribution in [0.2, 0.25) is 5.02 Å². The molecule has 0 spiro atoms. The van der Waals surface area contributed by atoms with Gasteiger partial charge < -0.3 is 10.4 Å². The Kier molecular flexibility index (Phi) is 5.56. The van der Waals surface area contributed by atoms with Crippen molar-refractivity contribution in [3.05, 3.63) is 34.6 Å². The Balaban J connectivity index is 2.83. The van der Waals surface area contributed by atoms with Gasteiger partial charge in [0.05, 0.1) is 17.7 Å². The normalized spacial score (nSPS) is 14.1. The zero-order chi connectivity index (χ0) is 13.7. The monoisotopic (exact) mass is 273 g/mol. The molecule has 2 N–H and O–H groups in total. The lowest BCUT2D eigenvalue weighted by Gasteiger charge is -2.19. The topological polar surface area (TPSA) is 49.3 Å². The number of aliphatic hydroxyl groups excluding tert-OH is 1. The van der Waals surface area contributed by atoms with E-state index < -0.39 is 11.9 Å². The van der Waals surface area contributed by atoms with Crippen LogP contribution in [0.4, 0.5) is 4.39 Å². The van der Waals surface area contributed by atoms with Gasteiger partial charge in [0.25, 0.3) is 0 Å². The molecule has 1 aromatic rings. The minimum Gasteiger partial charge on any atom is -0.394 e. The number of rotatable bonds is 5. The molecule has 1 amide bonds. The third-order valence-electron chi connectivity index (χ3n) is 2.91. The van der Waals surface area contributed by atoms with Crippen LogP contribution in [0.25, 0.3) is 0 Å². The molecule has 0 aliphatic carbocycles. The van der Waals surface area contributed by atoms with E-state index in [-0.39, 0.29) is 23.5 Å². The fraction of sp³-hybridized carbons (Fsp3) is 0.462. The van der Waals surface area contributed by atoms with Crippen LogP contribution in [0, 0.1) is 11.7 Å². The summed E-state index contributed by atoms with van der Waals surface area (Å²) in [5.41, 5.74) is 0.496. The highest BCUT2D eigenvalue weighted by molar-refractivity contribution is 6.30. The summed E-state index contributed by atoms with van der Waals surface area (Å²) in [6, 6.07) is 3.60. The molecule has 0 radical (unpaired) electrons. The highest BCUT2D eigenvalue weighted by atomic mass is 35.5. The first-order chi connectivity index (χ1) is 8.49. The highest BCUT2D eigenvalue weighted by Crippen LogP contribution is 2.20. The zero-order valence-corrected chi connectivity index (χ0v) is 11.2. The van der Waals surface area contributed by atoms with Gasteiger partial charge in [-0.3, -0.25) is 4.79 Å². The summed E-state index contributed by atoms with van der Waals surface area (Å²) in [6.45, 7) is 3.41. The van der Waals surface area contributed by atoms with Crippen molar-refractivity contribution in [3.8, 4) is 0 Å². The summed E-state index contributed by atoms with van der Waals surface area (Å²) in [5.74, 6) is -0.867. The van der Waals surface area contributed by atoms with Crippen LogP contribution in [-0.4, -0.2) is 17.6 Å². The van der Waals surface area contributed by atoms with E-state index in [2.05, 4.69) is 5.32 Å². The summed E-state index contributed by atoms with van der Waals surface area (Å²) < 4.78 is 13.3. The average Bonchev–Trinajstić information content (AvgIpc) is 2.38. The van der Waals surface area contributed by atoms with Crippen LogP contribution in [0.15, 0.2) is 18.2 Å². The largest absolute Gasteiger partial charge is 0.394 e. The number of hydrogen-bond acceptors (Lipinski definition) is 2. The molecule has 0 heterocycles. The Bertz CT molecular complexity index is 425. The van der Waals surface area contributed by atoms with Crippen LogP contribution in [-0.2, 0) is 4.79 Å². The lowest BCUT2D eigenvalue weighted by molar-refractivity contribution is -0.125. The van der Waals surface area contributed by atoms with Gasteiger partial charge in [-0.2, -0.15) is 0 Å². The van der Waals surface area contributed by atoms with Crippen LogP contribution < -0.4 is 5.32 Å². The number of carbonyl (C=O) groups is 1.